The van der Waals surface area contributed by atoms with Gasteiger partial charge < -0.3 is 15.0 Å². The molecular weight excluding hydrogens is 388 g/mol. The van der Waals surface area contributed by atoms with Crippen molar-refractivity contribution in [3.63, 3.8) is 0 Å². The molecule has 2 amide bonds. The molecule has 1 aromatic carbocycles. The van der Waals surface area contributed by atoms with Gasteiger partial charge in [0.2, 0.25) is 11.8 Å². The molecule has 3 fully saturated rings. The first-order valence-corrected chi connectivity index (χ1v) is 12.5. The molecule has 4 rings (SSSR count). The van der Waals surface area contributed by atoms with Crippen molar-refractivity contribution in [1.29, 1.82) is 0 Å². The molecule has 1 N–H and O–H groups in total. The van der Waals surface area contributed by atoms with E-state index in [1.165, 1.54) is 37.7 Å². The molecular formula is C26H38N2O3. The van der Waals surface area contributed by atoms with E-state index in [1.54, 1.807) is 0 Å². The average molecular weight is 427 g/mol. The van der Waals surface area contributed by atoms with Gasteiger partial charge in [-0.1, -0.05) is 31.4 Å². The molecule has 1 aliphatic heterocycles. The van der Waals surface area contributed by atoms with Crippen LogP contribution in [-0.4, -0.2) is 41.9 Å². The number of amides is 2. The van der Waals surface area contributed by atoms with Crippen molar-refractivity contribution in [2.45, 2.75) is 95.6 Å². The van der Waals surface area contributed by atoms with Crippen molar-refractivity contribution < 1.29 is 14.3 Å². The smallest absolute Gasteiger partial charge is 0.223 e. The number of likely N-dealkylation sites (tertiary alicyclic amines) is 1. The Morgan fingerprint density at radius 3 is 2.39 bits per heavy atom. The van der Waals surface area contributed by atoms with Crippen molar-refractivity contribution in [3.8, 4) is 5.75 Å². The van der Waals surface area contributed by atoms with Gasteiger partial charge >= 0.3 is 0 Å². The highest BCUT2D eigenvalue weighted by Crippen LogP contribution is 2.26. The number of hydrogen-bond donors (Lipinski definition) is 1. The van der Waals surface area contributed by atoms with Crippen molar-refractivity contribution in [2.24, 2.45) is 5.92 Å². The zero-order valence-corrected chi connectivity index (χ0v) is 18.8. The highest BCUT2D eigenvalue weighted by molar-refractivity contribution is 5.79. The summed E-state index contributed by atoms with van der Waals surface area (Å²) in [5, 5.41) is 3.25. The van der Waals surface area contributed by atoms with E-state index in [9.17, 15) is 9.59 Å². The third-order valence-electron chi connectivity index (χ3n) is 7.30. The molecule has 170 valence electrons. The summed E-state index contributed by atoms with van der Waals surface area (Å²) in [7, 11) is 0. The van der Waals surface area contributed by atoms with Gasteiger partial charge in [0.05, 0.1) is 6.10 Å². The average Bonchev–Trinajstić information content (AvgIpc) is 3.32. The van der Waals surface area contributed by atoms with Crippen molar-refractivity contribution in [1.82, 2.24) is 10.2 Å². The Morgan fingerprint density at radius 1 is 0.935 bits per heavy atom. The molecule has 0 aromatic heterocycles. The first kappa shape index (κ1) is 22.2. The van der Waals surface area contributed by atoms with Gasteiger partial charge in [-0.15, -0.1) is 0 Å². The number of benzene rings is 1. The molecule has 2 aliphatic carbocycles. The summed E-state index contributed by atoms with van der Waals surface area (Å²) in [6.07, 6.45) is 13.9. The lowest BCUT2D eigenvalue weighted by Crippen LogP contribution is -2.48. The fourth-order valence-corrected chi connectivity index (χ4v) is 5.34. The van der Waals surface area contributed by atoms with Gasteiger partial charge in [0, 0.05) is 31.5 Å². The minimum atomic E-state index is 0.210. The van der Waals surface area contributed by atoms with E-state index in [-0.39, 0.29) is 23.8 Å². The highest BCUT2D eigenvalue weighted by Gasteiger charge is 2.27. The van der Waals surface area contributed by atoms with Crippen LogP contribution < -0.4 is 10.1 Å². The number of nitrogens with zero attached hydrogens (tertiary/aromatic N) is 1. The van der Waals surface area contributed by atoms with Crippen molar-refractivity contribution in [2.75, 3.05) is 13.1 Å². The van der Waals surface area contributed by atoms with E-state index in [4.69, 9.17) is 4.74 Å². The van der Waals surface area contributed by atoms with E-state index in [0.29, 0.717) is 12.5 Å². The molecule has 0 unspecified atom stereocenters. The van der Waals surface area contributed by atoms with Gasteiger partial charge in [-0.25, -0.2) is 0 Å². The Morgan fingerprint density at radius 2 is 1.65 bits per heavy atom. The lowest BCUT2D eigenvalue weighted by Gasteiger charge is -2.33. The summed E-state index contributed by atoms with van der Waals surface area (Å²) >= 11 is 0. The van der Waals surface area contributed by atoms with E-state index >= 15 is 0 Å². The minimum absolute atomic E-state index is 0.210. The predicted octanol–water partition coefficient (Wildman–Crippen LogP) is 4.63. The van der Waals surface area contributed by atoms with Gasteiger partial charge in [0.15, 0.2) is 0 Å². The maximum absolute atomic E-state index is 12.7. The summed E-state index contributed by atoms with van der Waals surface area (Å²) in [5.74, 6) is 1.61. The second-order valence-electron chi connectivity index (χ2n) is 9.67. The first-order chi connectivity index (χ1) is 15.2. The van der Waals surface area contributed by atoms with Crippen LogP contribution in [0, 0.1) is 5.92 Å². The van der Waals surface area contributed by atoms with Crippen LogP contribution in [0.1, 0.15) is 82.6 Å². The van der Waals surface area contributed by atoms with Crippen LogP contribution in [0.5, 0.6) is 5.75 Å². The van der Waals surface area contributed by atoms with Crippen LogP contribution in [0.15, 0.2) is 24.3 Å². The molecule has 0 atom stereocenters. The zero-order valence-electron chi connectivity index (χ0n) is 18.8. The van der Waals surface area contributed by atoms with Crippen LogP contribution in [0.3, 0.4) is 0 Å². The number of aryl methyl sites for hydroxylation is 1. The normalized spacial score (nSPS) is 21.2. The number of rotatable bonds is 7. The molecule has 0 spiro atoms. The summed E-state index contributed by atoms with van der Waals surface area (Å²) < 4.78 is 6.10. The summed E-state index contributed by atoms with van der Waals surface area (Å²) in [4.78, 5) is 27.2. The Labute approximate surface area is 186 Å². The van der Waals surface area contributed by atoms with Gasteiger partial charge in [-0.05, 0) is 75.5 Å². The molecule has 1 heterocycles. The number of carbonyl (C=O) groups is 2. The van der Waals surface area contributed by atoms with Crippen LogP contribution in [-0.2, 0) is 16.0 Å². The summed E-state index contributed by atoms with van der Waals surface area (Å²) in [5.41, 5.74) is 1.17. The lowest BCUT2D eigenvalue weighted by atomic mass is 9.88. The Kier molecular flexibility index (Phi) is 7.87. The molecule has 0 radical (unpaired) electrons. The van der Waals surface area contributed by atoms with Crippen molar-refractivity contribution >= 4 is 11.8 Å². The fraction of sp³-hybridized carbons (Fsp3) is 0.692. The van der Waals surface area contributed by atoms with E-state index in [2.05, 4.69) is 17.4 Å². The SMILES string of the molecule is O=C(NC1CCN(C(=O)CCc2cccc(OC3CCCC3)c2)CC1)C1CCCCC1. The monoisotopic (exact) mass is 426 g/mol. The Balaban J connectivity index is 1.17. The zero-order chi connectivity index (χ0) is 21.5. The highest BCUT2D eigenvalue weighted by atomic mass is 16.5. The second-order valence-corrected chi connectivity index (χ2v) is 9.67. The number of hydrogen-bond acceptors (Lipinski definition) is 3. The molecule has 1 aromatic rings. The van der Waals surface area contributed by atoms with Gasteiger partial charge in [0.25, 0.3) is 0 Å². The fourth-order valence-electron chi connectivity index (χ4n) is 5.34. The van der Waals surface area contributed by atoms with Crippen LogP contribution in [0.4, 0.5) is 0 Å². The van der Waals surface area contributed by atoms with Crippen LogP contribution in [0.25, 0.3) is 0 Å². The lowest BCUT2D eigenvalue weighted by molar-refractivity contribution is -0.132. The third-order valence-corrected chi connectivity index (χ3v) is 7.30. The summed E-state index contributed by atoms with van der Waals surface area (Å²) in [6.45, 7) is 1.50. The number of piperidine rings is 1. The predicted molar refractivity (Wildman–Crippen MR) is 122 cm³/mol. The van der Waals surface area contributed by atoms with E-state index in [1.807, 2.05) is 17.0 Å². The minimum Gasteiger partial charge on any atom is -0.490 e. The molecule has 5 heteroatoms. The van der Waals surface area contributed by atoms with E-state index in [0.717, 1.165) is 63.8 Å². The maximum Gasteiger partial charge on any atom is 0.223 e. The molecule has 31 heavy (non-hydrogen) atoms. The third kappa shape index (κ3) is 6.47. The first-order valence-electron chi connectivity index (χ1n) is 12.5. The van der Waals surface area contributed by atoms with Gasteiger partial charge in [-0.2, -0.15) is 0 Å². The maximum atomic E-state index is 12.7. The summed E-state index contributed by atoms with van der Waals surface area (Å²) in [6, 6.07) is 8.46. The largest absolute Gasteiger partial charge is 0.490 e. The van der Waals surface area contributed by atoms with Crippen LogP contribution >= 0.6 is 0 Å². The number of nitrogens with one attached hydrogen (secondary N) is 1. The van der Waals surface area contributed by atoms with E-state index < -0.39 is 0 Å². The van der Waals surface area contributed by atoms with Crippen molar-refractivity contribution in [3.05, 3.63) is 29.8 Å². The second kappa shape index (κ2) is 11.0. The van der Waals surface area contributed by atoms with Gasteiger partial charge in [-0.3, -0.25) is 9.59 Å². The number of ether oxygens (including phenoxy) is 1. The molecule has 1 saturated heterocycles. The Hall–Kier alpha value is -2.04. The molecule has 5 nitrogen and oxygen atoms in total. The topological polar surface area (TPSA) is 58.6 Å². The molecule has 3 aliphatic rings. The Bertz CT molecular complexity index is 730. The van der Waals surface area contributed by atoms with Gasteiger partial charge in [0.1, 0.15) is 5.75 Å². The quantitative estimate of drug-likeness (QED) is 0.692. The number of carbonyl (C=O) groups excluding carboxylic acids is 2. The molecule has 0 bridgehead atoms. The standard InChI is InChI=1S/C26H38N2O3/c29-25(14-13-20-7-6-12-24(19-20)31-23-10-4-5-11-23)28-17-15-22(16-18-28)27-26(30)21-8-2-1-3-9-21/h6-7,12,19,21-23H,1-5,8-11,13-18H2,(H,27,30). The molecule has 2 saturated carbocycles. The van der Waals surface area contributed by atoms with Crippen LogP contribution in [0.2, 0.25) is 0 Å².